The van der Waals surface area contributed by atoms with E-state index in [0.717, 1.165) is 4.90 Å². The summed E-state index contributed by atoms with van der Waals surface area (Å²) in [5.41, 5.74) is 0.756. The van der Waals surface area contributed by atoms with E-state index in [-0.39, 0.29) is 17.3 Å². The Morgan fingerprint density at radius 1 is 1.15 bits per heavy atom. The SMILES string of the molecule is C[C@H](N=C1NS(=O)(=O)c2ccccc21)C(=O)OCC(=O)N(C)CC(=O)Nc1ccccc1Cl. The van der Waals surface area contributed by atoms with Crippen molar-refractivity contribution < 1.29 is 27.5 Å². The van der Waals surface area contributed by atoms with Gasteiger partial charge in [0, 0.05) is 12.6 Å². The van der Waals surface area contributed by atoms with Gasteiger partial charge < -0.3 is 15.0 Å². The Kier molecular flexibility index (Phi) is 7.34. The van der Waals surface area contributed by atoms with E-state index in [4.69, 9.17) is 16.3 Å². The molecule has 10 nitrogen and oxygen atoms in total. The second-order valence-corrected chi connectivity index (χ2v) is 9.20. The first-order valence-corrected chi connectivity index (χ1v) is 11.6. The molecule has 0 aliphatic carbocycles. The maximum Gasteiger partial charge on any atom is 0.331 e. The third kappa shape index (κ3) is 5.88. The summed E-state index contributed by atoms with van der Waals surface area (Å²) in [4.78, 5) is 41.9. The number of ether oxygens (including phenoxy) is 1. The van der Waals surface area contributed by atoms with Crippen molar-refractivity contribution in [2.75, 3.05) is 25.5 Å². The van der Waals surface area contributed by atoms with Gasteiger partial charge in [0.05, 0.1) is 22.2 Å². The number of aliphatic imine (C=N–C) groups is 1. The summed E-state index contributed by atoms with van der Waals surface area (Å²) in [7, 11) is -2.35. The molecule has 0 spiro atoms. The van der Waals surface area contributed by atoms with Gasteiger partial charge in [0.2, 0.25) is 5.91 Å². The smallest absolute Gasteiger partial charge is 0.331 e. The maximum absolute atomic E-state index is 12.3. The zero-order valence-electron chi connectivity index (χ0n) is 17.7. The topological polar surface area (TPSA) is 134 Å². The third-order valence-electron chi connectivity index (χ3n) is 4.62. The van der Waals surface area contributed by atoms with Crippen molar-refractivity contribution >= 4 is 50.9 Å². The minimum absolute atomic E-state index is 0.0229. The highest BCUT2D eigenvalue weighted by Gasteiger charge is 2.31. The summed E-state index contributed by atoms with van der Waals surface area (Å²) < 4.78 is 31.5. The summed E-state index contributed by atoms with van der Waals surface area (Å²) in [6.45, 7) is 0.528. The molecule has 2 N–H and O–H groups in total. The number of para-hydroxylation sites is 1. The molecule has 3 rings (SSSR count). The number of carbonyl (C=O) groups is 3. The number of amides is 2. The second kappa shape index (κ2) is 10.0. The highest BCUT2D eigenvalue weighted by Crippen LogP contribution is 2.23. The first-order chi connectivity index (χ1) is 15.6. The quantitative estimate of drug-likeness (QED) is 0.561. The van der Waals surface area contributed by atoms with Gasteiger partial charge in [0.15, 0.2) is 6.61 Å². The number of sulfonamides is 1. The Hall–Kier alpha value is -3.44. The standard InChI is InChI=1S/C21H21ClN4O6S/c1-13(23-20-14-7-3-6-10-17(14)33(30,31)25-20)21(29)32-12-19(28)26(2)11-18(27)24-16-9-5-4-8-15(16)22/h3-10,13H,11-12H2,1-2H3,(H,23,25)(H,24,27)/t13-/m0/s1. The van der Waals surface area contributed by atoms with E-state index in [1.165, 1.54) is 20.0 Å². The highest BCUT2D eigenvalue weighted by molar-refractivity contribution is 7.90. The molecule has 12 heteroatoms. The lowest BCUT2D eigenvalue weighted by Crippen LogP contribution is -2.38. The summed E-state index contributed by atoms with van der Waals surface area (Å²) in [6, 6.07) is 11.8. The first kappa shape index (κ1) is 24.2. The minimum atomic E-state index is -3.74. The molecule has 0 bridgehead atoms. The van der Waals surface area contributed by atoms with Crippen molar-refractivity contribution in [3.8, 4) is 0 Å². The molecule has 0 saturated heterocycles. The van der Waals surface area contributed by atoms with Crippen molar-refractivity contribution in [3.05, 3.63) is 59.1 Å². The zero-order chi connectivity index (χ0) is 24.2. The summed E-state index contributed by atoms with van der Waals surface area (Å²) in [5, 5.41) is 2.95. The Bertz CT molecular complexity index is 1230. The van der Waals surface area contributed by atoms with Gasteiger partial charge in [-0.3, -0.25) is 19.3 Å². The van der Waals surface area contributed by atoms with Crippen LogP contribution in [0.3, 0.4) is 0 Å². The van der Waals surface area contributed by atoms with Crippen molar-refractivity contribution in [1.29, 1.82) is 0 Å². The van der Waals surface area contributed by atoms with Gasteiger partial charge in [-0.15, -0.1) is 0 Å². The van der Waals surface area contributed by atoms with Crippen LogP contribution >= 0.6 is 11.6 Å². The maximum atomic E-state index is 12.3. The van der Waals surface area contributed by atoms with E-state index in [0.29, 0.717) is 16.3 Å². The number of fused-ring (bicyclic) bond motifs is 1. The number of anilines is 1. The fourth-order valence-electron chi connectivity index (χ4n) is 2.90. The number of halogens is 1. The van der Waals surface area contributed by atoms with Crippen molar-refractivity contribution in [3.63, 3.8) is 0 Å². The number of likely N-dealkylation sites (N-methyl/N-ethyl adjacent to an activating group) is 1. The number of hydrogen-bond acceptors (Lipinski definition) is 7. The number of amidine groups is 1. The van der Waals surface area contributed by atoms with E-state index in [1.54, 1.807) is 42.5 Å². The molecule has 0 radical (unpaired) electrons. The molecule has 1 heterocycles. The number of nitrogens with zero attached hydrogens (tertiary/aromatic N) is 2. The fourth-order valence-corrected chi connectivity index (χ4v) is 4.32. The van der Waals surface area contributed by atoms with Gasteiger partial charge in [-0.2, -0.15) is 0 Å². The van der Waals surface area contributed by atoms with E-state index in [9.17, 15) is 22.8 Å². The molecular weight excluding hydrogens is 472 g/mol. The molecule has 33 heavy (non-hydrogen) atoms. The molecular formula is C21H21ClN4O6S. The molecule has 2 aromatic rings. The summed E-state index contributed by atoms with van der Waals surface area (Å²) >= 11 is 5.98. The van der Waals surface area contributed by atoms with E-state index >= 15 is 0 Å². The van der Waals surface area contributed by atoms with Gasteiger partial charge in [0.25, 0.3) is 15.9 Å². The van der Waals surface area contributed by atoms with E-state index < -0.39 is 40.5 Å². The Morgan fingerprint density at radius 2 is 1.82 bits per heavy atom. The average molecular weight is 493 g/mol. The monoisotopic (exact) mass is 492 g/mol. The molecule has 0 unspecified atom stereocenters. The van der Waals surface area contributed by atoms with Crippen LogP contribution in [0.25, 0.3) is 0 Å². The first-order valence-electron chi connectivity index (χ1n) is 9.73. The number of nitrogens with one attached hydrogen (secondary N) is 2. The normalized spacial score (nSPS) is 15.8. The third-order valence-corrected chi connectivity index (χ3v) is 6.35. The Morgan fingerprint density at radius 3 is 2.55 bits per heavy atom. The Labute approximate surface area is 195 Å². The van der Waals surface area contributed by atoms with E-state index in [1.807, 2.05) is 0 Å². The molecule has 0 saturated carbocycles. The van der Waals surface area contributed by atoms with Crippen LogP contribution in [0.15, 0.2) is 58.4 Å². The molecule has 2 amide bonds. The summed E-state index contributed by atoms with van der Waals surface area (Å²) in [5.74, 6) is -1.88. The van der Waals surface area contributed by atoms with Gasteiger partial charge in [-0.05, 0) is 31.2 Å². The largest absolute Gasteiger partial charge is 0.454 e. The molecule has 2 aromatic carbocycles. The van der Waals surface area contributed by atoms with Gasteiger partial charge >= 0.3 is 5.97 Å². The molecule has 1 atom stereocenters. The lowest BCUT2D eigenvalue weighted by atomic mass is 10.2. The van der Waals surface area contributed by atoms with Crippen LogP contribution < -0.4 is 10.0 Å². The van der Waals surface area contributed by atoms with Crippen LogP contribution in [-0.4, -0.2) is 63.2 Å². The fraction of sp³-hybridized carbons (Fsp3) is 0.238. The molecule has 0 fully saturated rings. The van der Waals surface area contributed by atoms with Crippen LogP contribution in [-0.2, 0) is 29.1 Å². The predicted octanol–water partition coefficient (Wildman–Crippen LogP) is 1.41. The van der Waals surface area contributed by atoms with Gasteiger partial charge in [0.1, 0.15) is 11.9 Å². The lowest BCUT2D eigenvalue weighted by Gasteiger charge is -2.17. The number of rotatable bonds is 7. The minimum Gasteiger partial charge on any atom is -0.454 e. The highest BCUT2D eigenvalue weighted by atomic mass is 35.5. The van der Waals surface area contributed by atoms with Crippen LogP contribution in [0.1, 0.15) is 12.5 Å². The molecule has 174 valence electrons. The summed E-state index contributed by atoms with van der Waals surface area (Å²) in [6.07, 6.45) is 0. The predicted molar refractivity (Wildman–Crippen MR) is 121 cm³/mol. The number of benzene rings is 2. The van der Waals surface area contributed by atoms with Crippen molar-refractivity contribution in [1.82, 2.24) is 9.62 Å². The number of hydrogen-bond donors (Lipinski definition) is 2. The zero-order valence-corrected chi connectivity index (χ0v) is 19.3. The van der Waals surface area contributed by atoms with Gasteiger partial charge in [-0.25, -0.2) is 13.2 Å². The second-order valence-electron chi connectivity index (χ2n) is 7.14. The van der Waals surface area contributed by atoms with Crippen molar-refractivity contribution in [2.45, 2.75) is 17.9 Å². The van der Waals surface area contributed by atoms with E-state index in [2.05, 4.69) is 15.0 Å². The van der Waals surface area contributed by atoms with Crippen LogP contribution in [0.2, 0.25) is 5.02 Å². The average Bonchev–Trinajstić information content (AvgIpc) is 3.03. The number of carbonyl (C=O) groups excluding carboxylic acids is 3. The Balaban J connectivity index is 1.53. The molecule has 1 aliphatic heterocycles. The lowest BCUT2D eigenvalue weighted by molar-refractivity contribution is -0.152. The van der Waals surface area contributed by atoms with Crippen LogP contribution in [0.5, 0.6) is 0 Å². The van der Waals surface area contributed by atoms with Crippen LogP contribution in [0.4, 0.5) is 5.69 Å². The number of esters is 1. The molecule has 1 aliphatic rings. The van der Waals surface area contributed by atoms with Gasteiger partial charge in [-0.1, -0.05) is 35.9 Å². The van der Waals surface area contributed by atoms with Crippen molar-refractivity contribution in [2.24, 2.45) is 4.99 Å². The molecule has 0 aromatic heterocycles. The van der Waals surface area contributed by atoms with Crippen LogP contribution in [0, 0.1) is 0 Å².